The first-order chi connectivity index (χ1) is 18.6. The normalized spacial score (nSPS) is 11.1. The minimum Gasteiger partial charge on any atom is -0.352 e. The van der Waals surface area contributed by atoms with Crippen molar-refractivity contribution in [3.63, 3.8) is 0 Å². The monoisotopic (exact) mass is 568 g/mol. The number of amides is 3. The lowest BCUT2D eigenvalue weighted by molar-refractivity contribution is -0.124. The Bertz CT molecular complexity index is 1580. The summed E-state index contributed by atoms with van der Waals surface area (Å²) in [6.45, 7) is 6.33. The van der Waals surface area contributed by atoms with E-state index in [1.807, 2.05) is 17.6 Å². The number of hydrogen-bond acceptors (Lipinski definition) is 3. The quantitative estimate of drug-likeness (QED) is 0.216. The number of nitrogens with zero attached hydrogens (tertiary/aromatic N) is 1. The first-order valence-corrected chi connectivity index (χ1v) is 13.1. The summed E-state index contributed by atoms with van der Waals surface area (Å²) >= 11 is 12.1. The Balaban J connectivity index is 1.54. The van der Waals surface area contributed by atoms with Crippen LogP contribution in [-0.4, -0.2) is 22.3 Å². The van der Waals surface area contributed by atoms with Crippen molar-refractivity contribution >= 4 is 63.2 Å². The van der Waals surface area contributed by atoms with Crippen LogP contribution in [0.1, 0.15) is 47.2 Å². The first kappa shape index (κ1) is 28.1. The molecule has 1 heterocycles. The van der Waals surface area contributed by atoms with Crippen molar-refractivity contribution in [2.45, 2.75) is 33.9 Å². The van der Waals surface area contributed by atoms with Gasteiger partial charge in [0.25, 0.3) is 11.8 Å². The molecule has 7 nitrogen and oxygen atoms in total. The number of aryl methyl sites for hydroxylation is 1. The smallest absolute Gasteiger partial charge is 0.272 e. The summed E-state index contributed by atoms with van der Waals surface area (Å²) in [6, 6.07) is 16.0. The lowest BCUT2D eigenvalue weighted by Gasteiger charge is -2.11. The zero-order valence-electron chi connectivity index (χ0n) is 21.6. The van der Waals surface area contributed by atoms with Crippen molar-refractivity contribution in [3.05, 3.63) is 93.3 Å². The van der Waals surface area contributed by atoms with Crippen LogP contribution < -0.4 is 16.0 Å². The molecule has 0 bridgehead atoms. The first-order valence-electron chi connectivity index (χ1n) is 12.3. The van der Waals surface area contributed by atoms with Crippen LogP contribution in [0.5, 0.6) is 0 Å². The van der Waals surface area contributed by atoms with Crippen LogP contribution in [0.15, 0.2) is 60.7 Å². The maximum Gasteiger partial charge on any atom is 0.272 e. The summed E-state index contributed by atoms with van der Waals surface area (Å²) in [6.07, 6.45) is 0. The molecule has 4 aromatic rings. The molecule has 10 heteroatoms. The van der Waals surface area contributed by atoms with Gasteiger partial charge >= 0.3 is 0 Å². The molecule has 4 rings (SSSR count). The fraction of sp³-hybridized carbons (Fsp3) is 0.207. The van der Waals surface area contributed by atoms with Gasteiger partial charge in [-0.2, -0.15) is 0 Å². The molecule has 0 spiro atoms. The van der Waals surface area contributed by atoms with Gasteiger partial charge in [0.1, 0.15) is 11.5 Å². The molecule has 1 aromatic heterocycles. The number of rotatable bonds is 8. The number of aromatic nitrogens is 1. The second-order valence-electron chi connectivity index (χ2n) is 9.27. The zero-order chi connectivity index (χ0) is 28.3. The molecule has 0 atom stereocenters. The average Bonchev–Trinajstić information content (AvgIpc) is 3.28. The Hall–Kier alpha value is -3.88. The van der Waals surface area contributed by atoms with Crippen LogP contribution in [0.4, 0.5) is 15.8 Å². The van der Waals surface area contributed by atoms with Crippen molar-refractivity contribution in [1.29, 1.82) is 0 Å². The summed E-state index contributed by atoms with van der Waals surface area (Å²) < 4.78 is 15.3. The second-order valence-corrected chi connectivity index (χ2v) is 10.1. The molecule has 3 aromatic carbocycles. The second kappa shape index (κ2) is 11.9. The van der Waals surface area contributed by atoms with Crippen molar-refractivity contribution in [1.82, 2.24) is 9.88 Å². The molecule has 202 valence electrons. The highest BCUT2D eigenvalue weighted by molar-refractivity contribution is 6.34. The fourth-order valence-corrected chi connectivity index (χ4v) is 4.48. The van der Waals surface area contributed by atoms with E-state index in [-0.39, 0.29) is 39.9 Å². The van der Waals surface area contributed by atoms with E-state index in [2.05, 4.69) is 16.0 Å². The Kier molecular flexibility index (Phi) is 8.57. The molecule has 0 aliphatic heterocycles. The van der Waals surface area contributed by atoms with Crippen LogP contribution >= 0.6 is 23.2 Å². The maximum absolute atomic E-state index is 13.5. The SMILES string of the molecule is CCn1c(C(=O)Nc2ccc(F)c(Cl)c2)cc2cc(NC(=O)c3cc(CNC(=O)C(C)C)ccc3Cl)ccc21. The predicted molar refractivity (Wildman–Crippen MR) is 153 cm³/mol. The predicted octanol–water partition coefficient (Wildman–Crippen LogP) is 6.88. The molecule has 0 aliphatic carbocycles. The van der Waals surface area contributed by atoms with Gasteiger partial charge < -0.3 is 20.5 Å². The molecule has 0 saturated heterocycles. The number of carbonyl (C=O) groups is 3. The van der Waals surface area contributed by atoms with E-state index in [0.29, 0.717) is 23.6 Å². The number of benzene rings is 3. The topological polar surface area (TPSA) is 92.2 Å². The van der Waals surface area contributed by atoms with Crippen LogP contribution in [-0.2, 0) is 17.9 Å². The van der Waals surface area contributed by atoms with Gasteiger partial charge in [0.15, 0.2) is 0 Å². The van der Waals surface area contributed by atoms with Gasteiger partial charge in [0.05, 0.1) is 15.6 Å². The number of fused-ring (bicyclic) bond motifs is 1. The molecule has 0 radical (unpaired) electrons. The van der Waals surface area contributed by atoms with Crippen LogP contribution in [0, 0.1) is 11.7 Å². The Labute approximate surface area is 235 Å². The fourth-order valence-electron chi connectivity index (χ4n) is 4.09. The molecule has 0 unspecified atom stereocenters. The highest BCUT2D eigenvalue weighted by Gasteiger charge is 2.18. The molecular weight excluding hydrogens is 542 g/mol. The third-order valence-electron chi connectivity index (χ3n) is 6.15. The summed E-state index contributed by atoms with van der Waals surface area (Å²) in [5, 5.41) is 9.36. The van der Waals surface area contributed by atoms with Crippen molar-refractivity contribution in [3.8, 4) is 0 Å². The van der Waals surface area contributed by atoms with Crippen molar-refractivity contribution in [2.75, 3.05) is 10.6 Å². The molecule has 3 N–H and O–H groups in total. The number of halogens is 3. The van der Waals surface area contributed by atoms with Gasteiger partial charge in [-0.25, -0.2) is 4.39 Å². The molecule has 0 saturated carbocycles. The van der Waals surface area contributed by atoms with Gasteiger partial charge in [0.2, 0.25) is 5.91 Å². The number of nitrogens with one attached hydrogen (secondary N) is 3. The van der Waals surface area contributed by atoms with Gasteiger partial charge in [-0.3, -0.25) is 14.4 Å². The highest BCUT2D eigenvalue weighted by Crippen LogP contribution is 2.27. The van der Waals surface area contributed by atoms with Crippen molar-refractivity contribution in [2.24, 2.45) is 5.92 Å². The maximum atomic E-state index is 13.5. The molecular formula is C29H27Cl2FN4O3. The minimum absolute atomic E-state index is 0.0854. The Morgan fingerprint density at radius 1 is 0.872 bits per heavy atom. The average molecular weight is 569 g/mol. The summed E-state index contributed by atoms with van der Waals surface area (Å²) in [5.41, 5.74) is 3.11. The van der Waals surface area contributed by atoms with E-state index in [1.54, 1.807) is 50.2 Å². The van der Waals surface area contributed by atoms with E-state index in [4.69, 9.17) is 23.2 Å². The number of anilines is 2. The van der Waals surface area contributed by atoms with E-state index >= 15 is 0 Å². The lowest BCUT2D eigenvalue weighted by Crippen LogP contribution is -2.27. The van der Waals surface area contributed by atoms with Gasteiger partial charge in [-0.1, -0.05) is 43.1 Å². The molecule has 39 heavy (non-hydrogen) atoms. The Morgan fingerprint density at radius 3 is 2.26 bits per heavy atom. The van der Waals surface area contributed by atoms with Gasteiger partial charge in [0, 0.05) is 41.3 Å². The van der Waals surface area contributed by atoms with E-state index in [9.17, 15) is 18.8 Å². The lowest BCUT2D eigenvalue weighted by atomic mass is 10.1. The largest absolute Gasteiger partial charge is 0.352 e. The van der Waals surface area contributed by atoms with E-state index < -0.39 is 11.7 Å². The third-order valence-corrected chi connectivity index (χ3v) is 6.77. The van der Waals surface area contributed by atoms with Crippen molar-refractivity contribution < 1.29 is 18.8 Å². The van der Waals surface area contributed by atoms with Gasteiger partial charge in [-0.05, 0) is 67.1 Å². The molecule has 3 amide bonds. The van der Waals surface area contributed by atoms with E-state index in [1.165, 1.54) is 18.2 Å². The summed E-state index contributed by atoms with van der Waals surface area (Å²) in [7, 11) is 0. The standard InChI is InChI=1S/C29H27Cl2FN4O3/c1-4-36-25-10-7-19(12-18(25)13-26(36)29(39)35-20-6-9-24(32)23(31)14-20)34-28(38)21-11-17(5-8-22(21)30)15-33-27(37)16(2)3/h5-14,16H,4,15H2,1-3H3,(H,33,37)(H,34,38)(H,35,39). The number of hydrogen-bond donors (Lipinski definition) is 3. The third kappa shape index (κ3) is 6.41. The van der Waals surface area contributed by atoms with Crippen LogP contribution in [0.25, 0.3) is 10.9 Å². The summed E-state index contributed by atoms with van der Waals surface area (Å²) in [5.74, 6) is -1.59. The number of carbonyl (C=O) groups excluding carboxylic acids is 3. The zero-order valence-corrected chi connectivity index (χ0v) is 23.1. The Morgan fingerprint density at radius 2 is 1.56 bits per heavy atom. The molecule has 0 aliphatic rings. The minimum atomic E-state index is -0.571. The van der Waals surface area contributed by atoms with Crippen LogP contribution in [0.3, 0.4) is 0 Å². The highest BCUT2D eigenvalue weighted by atomic mass is 35.5. The van der Waals surface area contributed by atoms with E-state index in [0.717, 1.165) is 16.5 Å². The van der Waals surface area contributed by atoms with Gasteiger partial charge in [-0.15, -0.1) is 0 Å². The van der Waals surface area contributed by atoms with Crippen LogP contribution in [0.2, 0.25) is 10.0 Å². The summed E-state index contributed by atoms with van der Waals surface area (Å²) in [4.78, 5) is 38.0. The molecule has 0 fully saturated rings.